The normalized spacial score (nSPS) is 21.9. The van der Waals surface area contributed by atoms with Crippen LogP contribution in [0.15, 0.2) is 18.2 Å². The van der Waals surface area contributed by atoms with Crippen molar-refractivity contribution < 1.29 is 4.39 Å². The SMILES string of the molecule is CCC1(CC)CN(c2cc(Cl)ccc2F)C(C(C)C)CN1. The molecule has 1 N–H and O–H groups in total. The van der Waals surface area contributed by atoms with Gasteiger partial charge in [-0.25, -0.2) is 4.39 Å². The molecule has 0 saturated carbocycles. The van der Waals surface area contributed by atoms with Crippen molar-refractivity contribution in [2.24, 2.45) is 5.92 Å². The number of nitrogens with zero attached hydrogens (tertiary/aromatic N) is 1. The van der Waals surface area contributed by atoms with E-state index in [9.17, 15) is 4.39 Å². The summed E-state index contributed by atoms with van der Waals surface area (Å²) in [5, 5.41) is 4.29. The highest BCUT2D eigenvalue weighted by Crippen LogP contribution is 2.33. The zero-order valence-electron chi connectivity index (χ0n) is 13.4. The number of hydrogen-bond acceptors (Lipinski definition) is 2. The molecule has 0 radical (unpaired) electrons. The van der Waals surface area contributed by atoms with Crippen LogP contribution in [-0.2, 0) is 0 Å². The number of benzene rings is 1. The van der Waals surface area contributed by atoms with Gasteiger partial charge < -0.3 is 10.2 Å². The summed E-state index contributed by atoms with van der Waals surface area (Å²) in [5.74, 6) is 0.260. The third-order valence-electron chi connectivity index (χ3n) is 4.90. The molecule has 2 nitrogen and oxygen atoms in total. The quantitative estimate of drug-likeness (QED) is 0.882. The van der Waals surface area contributed by atoms with Crippen molar-refractivity contribution in [3.8, 4) is 0 Å². The van der Waals surface area contributed by atoms with Gasteiger partial charge in [0, 0.05) is 29.7 Å². The first-order chi connectivity index (χ1) is 9.92. The van der Waals surface area contributed by atoms with Crippen LogP contribution in [0.4, 0.5) is 10.1 Å². The molecule has 0 spiro atoms. The van der Waals surface area contributed by atoms with Crippen LogP contribution in [-0.4, -0.2) is 24.7 Å². The minimum Gasteiger partial charge on any atom is -0.363 e. The van der Waals surface area contributed by atoms with Crippen molar-refractivity contribution in [2.75, 3.05) is 18.0 Å². The average Bonchev–Trinajstić information content (AvgIpc) is 2.49. The molecule has 1 aliphatic rings. The van der Waals surface area contributed by atoms with Crippen LogP contribution in [0.2, 0.25) is 5.02 Å². The average molecular weight is 313 g/mol. The lowest BCUT2D eigenvalue weighted by molar-refractivity contribution is 0.226. The second-order valence-corrected chi connectivity index (χ2v) is 6.84. The second-order valence-electron chi connectivity index (χ2n) is 6.40. The van der Waals surface area contributed by atoms with E-state index in [2.05, 4.69) is 37.9 Å². The molecule has 0 aliphatic carbocycles. The highest BCUT2D eigenvalue weighted by Gasteiger charge is 2.38. The smallest absolute Gasteiger partial charge is 0.146 e. The molecular formula is C17H26ClFN2. The fraction of sp³-hybridized carbons (Fsp3) is 0.647. The monoisotopic (exact) mass is 312 g/mol. The summed E-state index contributed by atoms with van der Waals surface area (Å²) in [6.07, 6.45) is 2.07. The van der Waals surface area contributed by atoms with Crippen molar-refractivity contribution in [2.45, 2.75) is 52.1 Å². The molecule has 1 unspecified atom stereocenters. The fourth-order valence-electron chi connectivity index (χ4n) is 3.22. The first-order valence-corrected chi connectivity index (χ1v) is 8.27. The molecule has 21 heavy (non-hydrogen) atoms. The number of nitrogens with one attached hydrogen (secondary N) is 1. The Hall–Kier alpha value is -0.800. The highest BCUT2D eigenvalue weighted by atomic mass is 35.5. The fourth-order valence-corrected chi connectivity index (χ4v) is 3.39. The maximum atomic E-state index is 14.3. The van der Waals surface area contributed by atoms with Crippen LogP contribution in [0.3, 0.4) is 0 Å². The van der Waals surface area contributed by atoms with Gasteiger partial charge in [-0.05, 0) is 37.0 Å². The third-order valence-corrected chi connectivity index (χ3v) is 5.14. The van der Waals surface area contributed by atoms with Crippen molar-refractivity contribution >= 4 is 17.3 Å². The van der Waals surface area contributed by atoms with Crippen LogP contribution < -0.4 is 10.2 Å². The van der Waals surface area contributed by atoms with Gasteiger partial charge in [-0.3, -0.25) is 0 Å². The summed E-state index contributed by atoms with van der Waals surface area (Å²) in [6, 6.07) is 5.12. The van der Waals surface area contributed by atoms with E-state index in [1.54, 1.807) is 12.1 Å². The van der Waals surface area contributed by atoms with E-state index >= 15 is 0 Å². The molecule has 0 bridgehead atoms. The molecule has 1 saturated heterocycles. The van der Waals surface area contributed by atoms with E-state index in [1.165, 1.54) is 6.07 Å². The number of anilines is 1. The van der Waals surface area contributed by atoms with Gasteiger partial charge in [0.15, 0.2) is 0 Å². The Balaban J connectivity index is 2.40. The van der Waals surface area contributed by atoms with E-state index in [0.717, 1.165) is 25.9 Å². The van der Waals surface area contributed by atoms with Crippen LogP contribution in [0.5, 0.6) is 0 Å². The van der Waals surface area contributed by atoms with Gasteiger partial charge in [0.1, 0.15) is 5.82 Å². The summed E-state index contributed by atoms with van der Waals surface area (Å²) in [6.45, 7) is 10.5. The number of halogens is 2. The molecule has 1 aromatic carbocycles. The molecule has 1 fully saturated rings. The molecule has 1 aliphatic heterocycles. The maximum Gasteiger partial charge on any atom is 0.146 e. The van der Waals surface area contributed by atoms with Gasteiger partial charge in [0.05, 0.1) is 5.69 Å². The first-order valence-electron chi connectivity index (χ1n) is 7.89. The van der Waals surface area contributed by atoms with Crippen LogP contribution in [0.25, 0.3) is 0 Å². The van der Waals surface area contributed by atoms with Crippen LogP contribution in [0, 0.1) is 11.7 Å². The van der Waals surface area contributed by atoms with Gasteiger partial charge in [0.2, 0.25) is 0 Å². The minimum absolute atomic E-state index is 0.0557. The lowest BCUT2D eigenvalue weighted by Crippen LogP contribution is -2.65. The Morgan fingerprint density at radius 1 is 1.38 bits per heavy atom. The predicted molar refractivity (Wildman–Crippen MR) is 88.7 cm³/mol. The standard InChI is InChI=1S/C17H26ClFN2/c1-5-17(6-2)11-21(16(10-20-17)12(3)4)15-9-13(18)7-8-14(15)19/h7-9,12,16,20H,5-6,10-11H2,1-4H3. The van der Waals surface area contributed by atoms with E-state index in [1.807, 2.05) is 0 Å². The third kappa shape index (κ3) is 3.35. The Labute approximate surface area is 132 Å². The Kier molecular flexibility index (Phi) is 5.15. The lowest BCUT2D eigenvalue weighted by atomic mass is 9.86. The zero-order chi connectivity index (χ0) is 15.6. The Morgan fingerprint density at radius 2 is 2.05 bits per heavy atom. The zero-order valence-corrected chi connectivity index (χ0v) is 14.2. The summed E-state index contributed by atoms with van der Waals surface area (Å²) in [4.78, 5) is 2.22. The molecule has 2 rings (SSSR count). The minimum atomic E-state index is -0.187. The van der Waals surface area contributed by atoms with Gasteiger partial charge in [-0.15, -0.1) is 0 Å². The number of piperazine rings is 1. The van der Waals surface area contributed by atoms with Gasteiger partial charge in [0.25, 0.3) is 0 Å². The van der Waals surface area contributed by atoms with Crippen molar-refractivity contribution in [1.29, 1.82) is 0 Å². The molecule has 4 heteroatoms. The molecule has 1 atom stereocenters. The van der Waals surface area contributed by atoms with E-state index in [4.69, 9.17) is 11.6 Å². The first kappa shape index (κ1) is 16.6. The lowest BCUT2D eigenvalue weighted by Gasteiger charge is -2.50. The van der Waals surface area contributed by atoms with Crippen LogP contribution >= 0.6 is 11.6 Å². The number of hydrogen-bond donors (Lipinski definition) is 1. The van der Waals surface area contributed by atoms with Gasteiger partial charge in [-0.1, -0.05) is 39.3 Å². The molecule has 1 aromatic rings. The van der Waals surface area contributed by atoms with Crippen LogP contribution in [0.1, 0.15) is 40.5 Å². The summed E-state index contributed by atoms with van der Waals surface area (Å²) < 4.78 is 14.3. The summed E-state index contributed by atoms with van der Waals surface area (Å²) in [5.41, 5.74) is 0.689. The second kappa shape index (κ2) is 6.53. The van der Waals surface area contributed by atoms with Crippen molar-refractivity contribution in [1.82, 2.24) is 5.32 Å². The maximum absolute atomic E-state index is 14.3. The molecule has 0 amide bonds. The van der Waals surface area contributed by atoms with E-state index in [0.29, 0.717) is 16.6 Å². The topological polar surface area (TPSA) is 15.3 Å². The Morgan fingerprint density at radius 3 is 2.62 bits per heavy atom. The molecular weight excluding hydrogens is 287 g/mol. The highest BCUT2D eigenvalue weighted by molar-refractivity contribution is 6.30. The largest absolute Gasteiger partial charge is 0.363 e. The predicted octanol–water partition coefficient (Wildman–Crippen LogP) is 4.47. The van der Waals surface area contributed by atoms with Crippen molar-refractivity contribution in [3.63, 3.8) is 0 Å². The Bertz CT molecular complexity index is 486. The number of rotatable bonds is 4. The van der Waals surface area contributed by atoms with Gasteiger partial charge >= 0.3 is 0 Å². The molecule has 0 aromatic heterocycles. The summed E-state index contributed by atoms with van der Waals surface area (Å²) >= 11 is 6.09. The molecule has 118 valence electrons. The van der Waals surface area contributed by atoms with Crippen molar-refractivity contribution in [3.05, 3.63) is 29.0 Å². The van der Waals surface area contributed by atoms with E-state index < -0.39 is 0 Å². The van der Waals surface area contributed by atoms with Gasteiger partial charge in [-0.2, -0.15) is 0 Å². The molecule has 1 heterocycles. The summed E-state index contributed by atoms with van der Waals surface area (Å²) in [7, 11) is 0. The van der Waals surface area contributed by atoms with E-state index in [-0.39, 0.29) is 17.4 Å².